The van der Waals surface area contributed by atoms with Gasteiger partial charge in [-0.3, -0.25) is 0 Å². The molecule has 1 aromatic rings. The van der Waals surface area contributed by atoms with Crippen molar-refractivity contribution >= 4 is 17.4 Å². The molecule has 0 aliphatic heterocycles. The molecule has 1 saturated carbocycles. The van der Waals surface area contributed by atoms with E-state index in [0.29, 0.717) is 0 Å². The van der Waals surface area contributed by atoms with Crippen LogP contribution in [0, 0.1) is 5.92 Å². The largest absolute Gasteiger partial charge is 0.387 e. The molecule has 0 aromatic carbocycles. The molecule has 0 saturated heterocycles. The van der Waals surface area contributed by atoms with Gasteiger partial charge in [-0.25, -0.2) is 4.79 Å². The van der Waals surface area contributed by atoms with Crippen molar-refractivity contribution in [1.82, 2.24) is 10.6 Å². The Labute approximate surface area is 118 Å². The second kappa shape index (κ2) is 6.91. The molecule has 2 amide bonds. The predicted octanol–water partition coefficient (Wildman–Crippen LogP) is 2.66. The number of hydrogen-bond acceptors (Lipinski definition) is 3. The summed E-state index contributed by atoms with van der Waals surface area (Å²) >= 11 is 1.54. The van der Waals surface area contributed by atoms with E-state index in [4.69, 9.17) is 0 Å². The first-order valence-electron chi connectivity index (χ1n) is 6.89. The number of amides is 2. The number of thiophene rings is 1. The lowest BCUT2D eigenvalue weighted by Crippen LogP contribution is -2.44. The summed E-state index contributed by atoms with van der Waals surface area (Å²) in [5.74, 6) is 0.779. The lowest BCUT2D eigenvalue weighted by atomic mass is 9.87. The summed E-state index contributed by atoms with van der Waals surface area (Å²) in [5, 5.41) is 19.4. The molecule has 1 unspecified atom stereocenters. The van der Waals surface area contributed by atoms with Gasteiger partial charge in [0.2, 0.25) is 0 Å². The summed E-state index contributed by atoms with van der Waals surface area (Å²) in [6.07, 6.45) is 3.86. The SMILES string of the molecule is CC1CCC(NC(=O)NCC(O)c2ccsc2)CC1. The van der Waals surface area contributed by atoms with Crippen molar-refractivity contribution in [3.8, 4) is 0 Å². The molecule has 3 N–H and O–H groups in total. The topological polar surface area (TPSA) is 61.4 Å². The summed E-state index contributed by atoms with van der Waals surface area (Å²) in [6.45, 7) is 2.51. The molecule has 1 aliphatic carbocycles. The maximum Gasteiger partial charge on any atom is 0.315 e. The monoisotopic (exact) mass is 282 g/mol. The number of hydrogen-bond donors (Lipinski definition) is 3. The number of aliphatic hydroxyl groups excluding tert-OH is 1. The van der Waals surface area contributed by atoms with Crippen molar-refractivity contribution < 1.29 is 9.90 Å². The highest BCUT2D eigenvalue weighted by Crippen LogP contribution is 2.23. The fourth-order valence-electron chi connectivity index (χ4n) is 2.41. The number of nitrogens with one attached hydrogen (secondary N) is 2. The number of aliphatic hydroxyl groups is 1. The second-order valence-corrected chi connectivity index (χ2v) is 6.16. The van der Waals surface area contributed by atoms with Crippen molar-refractivity contribution in [2.75, 3.05) is 6.54 Å². The molecule has 19 heavy (non-hydrogen) atoms. The van der Waals surface area contributed by atoms with E-state index in [1.54, 1.807) is 11.3 Å². The van der Waals surface area contributed by atoms with Crippen LogP contribution in [0.25, 0.3) is 0 Å². The lowest BCUT2D eigenvalue weighted by Gasteiger charge is -2.27. The standard InChI is InChI=1S/C14H22N2O2S/c1-10-2-4-12(5-3-10)16-14(18)15-8-13(17)11-6-7-19-9-11/h6-7,9-10,12-13,17H,2-5,8H2,1H3,(H2,15,16,18). The van der Waals surface area contributed by atoms with Crippen LogP contribution in [0.5, 0.6) is 0 Å². The summed E-state index contributed by atoms with van der Waals surface area (Å²) in [6, 6.07) is 1.99. The Morgan fingerprint density at radius 1 is 1.47 bits per heavy atom. The van der Waals surface area contributed by atoms with Crippen LogP contribution in [0.2, 0.25) is 0 Å². The Morgan fingerprint density at radius 2 is 2.21 bits per heavy atom. The molecule has 1 aliphatic rings. The highest BCUT2D eigenvalue weighted by molar-refractivity contribution is 7.07. The van der Waals surface area contributed by atoms with E-state index in [0.717, 1.165) is 24.3 Å². The van der Waals surface area contributed by atoms with Gasteiger partial charge in [0.05, 0.1) is 6.10 Å². The minimum atomic E-state index is -0.622. The molecule has 1 fully saturated rings. The highest BCUT2D eigenvalue weighted by atomic mass is 32.1. The van der Waals surface area contributed by atoms with Crippen molar-refractivity contribution in [3.63, 3.8) is 0 Å². The minimum Gasteiger partial charge on any atom is -0.387 e. The summed E-state index contributed by atoms with van der Waals surface area (Å²) in [4.78, 5) is 11.7. The lowest BCUT2D eigenvalue weighted by molar-refractivity contribution is 0.172. The zero-order valence-electron chi connectivity index (χ0n) is 11.3. The van der Waals surface area contributed by atoms with E-state index in [-0.39, 0.29) is 18.6 Å². The number of urea groups is 1. The Balaban J connectivity index is 1.67. The molecule has 106 valence electrons. The zero-order chi connectivity index (χ0) is 13.7. The molecule has 0 radical (unpaired) electrons. The summed E-state index contributed by atoms with van der Waals surface area (Å²) in [5.41, 5.74) is 0.858. The first kappa shape index (κ1) is 14.3. The van der Waals surface area contributed by atoms with E-state index >= 15 is 0 Å². The maximum atomic E-state index is 11.7. The van der Waals surface area contributed by atoms with Gasteiger partial charge in [0, 0.05) is 12.6 Å². The van der Waals surface area contributed by atoms with E-state index in [1.165, 1.54) is 12.8 Å². The van der Waals surface area contributed by atoms with Crippen LogP contribution >= 0.6 is 11.3 Å². The zero-order valence-corrected chi connectivity index (χ0v) is 12.1. The van der Waals surface area contributed by atoms with E-state index in [1.807, 2.05) is 16.8 Å². The quantitative estimate of drug-likeness (QED) is 0.795. The van der Waals surface area contributed by atoms with Crippen molar-refractivity contribution in [2.24, 2.45) is 5.92 Å². The van der Waals surface area contributed by atoms with Crippen molar-refractivity contribution in [3.05, 3.63) is 22.4 Å². The van der Waals surface area contributed by atoms with Gasteiger partial charge in [0.1, 0.15) is 0 Å². The van der Waals surface area contributed by atoms with Crippen LogP contribution in [0.3, 0.4) is 0 Å². The van der Waals surface area contributed by atoms with E-state index in [2.05, 4.69) is 17.6 Å². The Morgan fingerprint density at radius 3 is 2.84 bits per heavy atom. The molecule has 5 heteroatoms. The average molecular weight is 282 g/mol. The fourth-order valence-corrected chi connectivity index (χ4v) is 3.12. The molecule has 1 aromatic heterocycles. The van der Waals surface area contributed by atoms with Gasteiger partial charge in [-0.1, -0.05) is 6.92 Å². The Hall–Kier alpha value is -1.07. The third kappa shape index (κ3) is 4.51. The second-order valence-electron chi connectivity index (χ2n) is 5.38. The normalized spacial score (nSPS) is 24.7. The van der Waals surface area contributed by atoms with Crippen LogP contribution in [0.15, 0.2) is 16.8 Å². The number of rotatable bonds is 4. The first-order valence-corrected chi connectivity index (χ1v) is 7.84. The summed E-state index contributed by atoms with van der Waals surface area (Å²) in [7, 11) is 0. The van der Waals surface area contributed by atoms with Crippen LogP contribution in [0.1, 0.15) is 44.3 Å². The van der Waals surface area contributed by atoms with Crippen LogP contribution in [0.4, 0.5) is 4.79 Å². The number of carbonyl (C=O) groups is 1. The third-order valence-corrected chi connectivity index (χ3v) is 4.44. The Kier molecular flexibility index (Phi) is 5.22. The maximum absolute atomic E-state index is 11.7. The van der Waals surface area contributed by atoms with Gasteiger partial charge >= 0.3 is 6.03 Å². The molecule has 0 spiro atoms. The van der Waals surface area contributed by atoms with Gasteiger partial charge in [-0.2, -0.15) is 11.3 Å². The van der Waals surface area contributed by atoms with Crippen molar-refractivity contribution in [1.29, 1.82) is 0 Å². The summed E-state index contributed by atoms with van der Waals surface area (Å²) < 4.78 is 0. The highest BCUT2D eigenvalue weighted by Gasteiger charge is 2.19. The smallest absolute Gasteiger partial charge is 0.315 e. The van der Waals surface area contributed by atoms with Gasteiger partial charge in [0.25, 0.3) is 0 Å². The van der Waals surface area contributed by atoms with Crippen LogP contribution in [-0.4, -0.2) is 23.7 Å². The molecule has 1 heterocycles. The van der Waals surface area contributed by atoms with E-state index < -0.39 is 6.10 Å². The first-order chi connectivity index (χ1) is 9.15. The molecule has 4 nitrogen and oxygen atoms in total. The van der Waals surface area contributed by atoms with E-state index in [9.17, 15) is 9.90 Å². The third-order valence-electron chi connectivity index (χ3n) is 3.73. The molecular formula is C14H22N2O2S. The van der Waals surface area contributed by atoms with Gasteiger partial charge < -0.3 is 15.7 Å². The van der Waals surface area contributed by atoms with Crippen LogP contribution < -0.4 is 10.6 Å². The molecular weight excluding hydrogens is 260 g/mol. The average Bonchev–Trinajstić information content (AvgIpc) is 2.93. The Bertz CT molecular complexity index is 386. The van der Waals surface area contributed by atoms with Crippen LogP contribution in [-0.2, 0) is 0 Å². The number of carbonyl (C=O) groups excluding carboxylic acids is 1. The minimum absolute atomic E-state index is 0.172. The molecule has 2 rings (SSSR count). The fraction of sp³-hybridized carbons (Fsp3) is 0.643. The van der Waals surface area contributed by atoms with Gasteiger partial charge in [0.15, 0.2) is 0 Å². The molecule has 1 atom stereocenters. The molecule has 0 bridgehead atoms. The van der Waals surface area contributed by atoms with Gasteiger partial charge in [-0.15, -0.1) is 0 Å². The predicted molar refractivity (Wildman–Crippen MR) is 77.2 cm³/mol. The van der Waals surface area contributed by atoms with Gasteiger partial charge in [-0.05, 0) is 54.0 Å². The van der Waals surface area contributed by atoms with Crippen molar-refractivity contribution in [2.45, 2.75) is 44.8 Å².